The summed E-state index contributed by atoms with van der Waals surface area (Å²) in [6.45, 7) is 5.74. The first-order chi connectivity index (χ1) is 9.32. The number of carbonyl (C=O) groups excluding carboxylic acids is 2. The van der Waals surface area contributed by atoms with E-state index in [0.29, 0.717) is 12.8 Å². The molecular formula is C14H28N2O4+2. The normalized spacial score (nSPS) is 29.8. The van der Waals surface area contributed by atoms with Crippen molar-refractivity contribution in [2.75, 3.05) is 67.6 Å². The average Bonchev–Trinajstić information content (AvgIpc) is 2.46. The summed E-state index contributed by atoms with van der Waals surface area (Å²) in [5.41, 5.74) is 0. The molecule has 0 bridgehead atoms. The van der Waals surface area contributed by atoms with Crippen molar-refractivity contribution >= 4 is 11.9 Å². The highest BCUT2D eigenvalue weighted by molar-refractivity contribution is 5.69. The zero-order valence-corrected chi connectivity index (χ0v) is 13.2. The van der Waals surface area contributed by atoms with E-state index in [0.717, 1.165) is 48.2 Å². The van der Waals surface area contributed by atoms with Crippen molar-refractivity contribution in [1.29, 1.82) is 0 Å². The van der Waals surface area contributed by atoms with Crippen LogP contribution in [0, 0.1) is 0 Å². The van der Waals surface area contributed by atoms with E-state index in [-0.39, 0.29) is 11.9 Å². The molecule has 0 spiro atoms. The largest absolute Gasteiger partial charge is 0.469 e. The molecule has 1 aliphatic heterocycles. The van der Waals surface area contributed by atoms with Gasteiger partial charge in [-0.15, -0.1) is 0 Å². The molecule has 1 saturated heterocycles. The molecule has 0 aromatic rings. The predicted molar refractivity (Wildman–Crippen MR) is 74.8 cm³/mol. The molecule has 0 N–H and O–H groups in total. The summed E-state index contributed by atoms with van der Waals surface area (Å²) in [6, 6.07) is 0. The van der Waals surface area contributed by atoms with Crippen LogP contribution in [0.2, 0.25) is 0 Å². The third kappa shape index (κ3) is 5.09. The first-order valence-corrected chi connectivity index (χ1v) is 7.13. The molecule has 0 aliphatic carbocycles. The molecule has 1 rings (SSSR count). The van der Waals surface area contributed by atoms with Gasteiger partial charge < -0.3 is 18.4 Å². The highest BCUT2D eigenvalue weighted by Gasteiger charge is 2.37. The molecule has 20 heavy (non-hydrogen) atoms. The van der Waals surface area contributed by atoms with Gasteiger partial charge >= 0.3 is 11.9 Å². The molecule has 0 atom stereocenters. The van der Waals surface area contributed by atoms with Crippen LogP contribution >= 0.6 is 0 Å². The summed E-state index contributed by atoms with van der Waals surface area (Å²) in [4.78, 5) is 22.5. The SMILES string of the molecule is COC(=O)CC[N+]1(C)CC[N+](C)(CCC(=O)OC)CC1. The van der Waals surface area contributed by atoms with Gasteiger partial charge in [0, 0.05) is 0 Å². The highest BCUT2D eigenvalue weighted by Crippen LogP contribution is 2.17. The fourth-order valence-corrected chi connectivity index (χ4v) is 2.56. The molecule has 0 amide bonds. The number of carbonyl (C=O) groups is 2. The fourth-order valence-electron chi connectivity index (χ4n) is 2.56. The summed E-state index contributed by atoms with van der Waals surface area (Å²) in [5, 5.41) is 0. The van der Waals surface area contributed by atoms with Gasteiger partial charge in [-0.2, -0.15) is 0 Å². The topological polar surface area (TPSA) is 52.6 Å². The molecule has 0 unspecified atom stereocenters. The Morgan fingerprint density at radius 2 is 1.10 bits per heavy atom. The van der Waals surface area contributed by atoms with Gasteiger partial charge in [-0.05, 0) is 0 Å². The number of rotatable bonds is 6. The lowest BCUT2D eigenvalue weighted by Crippen LogP contribution is -2.64. The van der Waals surface area contributed by atoms with E-state index in [4.69, 9.17) is 9.47 Å². The lowest BCUT2D eigenvalue weighted by Gasteiger charge is -2.46. The standard InChI is InChI=1S/C14H28N2O4/c1-15(7-5-13(17)19-3)9-11-16(2,12-10-15)8-6-14(18)20-4/h5-12H2,1-4H3/q+2. The monoisotopic (exact) mass is 288 g/mol. The van der Waals surface area contributed by atoms with Crippen molar-refractivity contribution in [3.8, 4) is 0 Å². The quantitative estimate of drug-likeness (QED) is 0.511. The number of nitrogens with zero attached hydrogens (tertiary/aromatic N) is 2. The Morgan fingerprint density at radius 1 is 0.800 bits per heavy atom. The van der Waals surface area contributed by atoms with Gasteiger partial charge in [0.2, 0.25) is 0 Å². The van der Waals surface area contributed by atoms with Gasteiger partial charge in [-0.25, -0.2) is 0 Å². The maximum atomic E-state index is 11.2. The molecule has 0 aromatic carbocycles. The molecule has 0 aromatic heterocycles. The second kappa shape index (κ2) is 7.04. The zero-order valence-electron chi connectivity index (χ0n) is 13.2. The number of piperazine rings is 1. The van der Waals surface area contributed by atoms with Crippen LogP contribution < -0.4 is 0 Å². The Bertz CT molecular complexity index is 315. The summed E-state index contributed by atoms with van der Waals surface area (Å²) in [7, 11) is 7.23. The van der Waals surface area contributed by atoms with E-state index >= 15 is 0 Å². The fraction of sp³-hybridized carbons (Fsp3) is 0.857. The third-order valence-corrected chi connectivity index (χ3v) is 4.53. The maximum absolute atomic E-state index is 11.2. The first kappa shape index (κ1) is 16.9. The van der Waals surface area contributed by atoms with Gasteiger partial charge in [-0.3, -0.25) is 9.59 Å². The Balaban J connectivity index is 2.40. The smallest absolute Gasteiger partial charge is 0.311 e. The molecule has 1 heterocycles. The Kier molecular flexibility index (Phi) is 5.95. The number of esters is 2. The van der Waals surface area contributed by atoms with Crippen molar-refractivity contribution in [3.05, 3.63) is 0 Å². The van der Waals surface area contributed by atoms with E-state index in [1.54, 1.807) is 0 Å². The minimum Gasteiger partial charge on any atom is -0.469 e. The molecule has 6 heteroatoms. The summed E-state index contributed by atoms with van der Waals surface area (Å²) < 4.78 is 11.2. The van der Waals surface area contributed by atoms with E-state index in [1.165, 1.54) is 14.2 Å². The van der Waals surface area contributed by atoms with Crippen LogP contribution in [-0.2, 0) is 19.1 Å². The molecular weight excluding hydrogens is 260 g/mol. The number of hydrogen-bond acceptors (Lipinski definition) is 4. The van der Waals surface area contributed by atoms with Gasteiger partial charge in [0.1, 0.15) is 26.2 Å². The minimum atomic E-state index is -0.141. The zero-order chi connectivity index (χ0) is 15.2. The molecule has 1 aliphatic rings. The van der Waals surface area contributed by atoms with E-state index < -0.39 is 0 Å². The van der Waals surface area contributed by atoms with Crippen LogP contribution in [0.3, 0.4) is 0 Å². The summed E-state index contributed by atoms with van der Waals surface area (Å²) in [6.07, 6.45) is 0.942. The Hall–Kier alpha value is -1.14. The van der Waals surface area contributed by atoms with Gasteiger partial charge in [0.05, 0.1) is 54.2 Å². The van der Waals surface area contributed by atoms with Crippen molar-refractivity contribution in [1.82, 2.24) is 0 Å². The van der Waals surface area contributed by atoms with Crippen molar-refractivity contribution < 1.29 is 28.0 Å². The van der Waals surface area contributed by atoms with Crippen molar-refractivity contribution in [2.24, 2.45) is 0 Å². The summed E-state index contributed by atoms with van der Waals surface area (Å²) >= 11 is 0. The van der Waals surface area contributed by atoms with Gasteiger partial charge in [0.15, 0.2) is 0 Å². The number of ether oxygens (including phenoxy) is 2. The third-order valence-electron chi connectivity index (χ3n) is 4.53. The highest BCUT2D eigenvalue weighted by atomic mass is 16.5. The van der Waals surface area contributed by atoms with Gasteiger partial charge in [-0.1, -0.05) is 0 Å². The molecule has 0 radical (unpaired) electrons. The first-order valence-electron chi connectivity index (χ1n) is 7.13. The van der Waals surface area contributed by atoms with E-state index in [2.05, 4.69) is 14.1 Å². The molecule has 0 saturated carbocycles. The number of hydrogen-bond donors (Lipinski definition) is 0. The predicted octanol–water partition coefficient (Wildman–Crippen LogP) is 0.0194. The lowest BCUT2D eigenvalue weighted by atomic mass is 10.2. The number of methoxy groups -OCH3 is 2. The number of likely N-dealkylation sites (N-methyl/N-ethyl adjacent to an activating group) is 2. The Labute approximate surface area is 121 Å². The Morgan fingerprint density at radius 3 is 1.35 bits per heavy atom. The second-order valence-corrected chi connectivity index (χ2v) is 6.23. The van der Waals surface area contributed by atoms with Crippen molar-refractivity contribution in [2.45, 2.75) is 12.8 Å². The maximum Gasteiger partial charge on any atom is 0.311 e. The molecule has 116 valence electrons. The number of quaternary nitrogens is 2. The van der Waals surface area contributed by atoms with Crippen LogP contribution in [0.1, 0.15) is 12.8 Å². The van der Waals surface area contributed by atoms with E-state index in [9.17, 15) is 9.59 Å². The van der Waals surface area contributed by atoms with Crippen LogP contribution in [0.25, 0.3) is 0 Å². The van der Waals surface area contributed by atoms with Crippen LogP contribution in [0.4, 0.5) is 0 Å². The summed E-state index contributed by atoms with van der Waals surface area (Å²) in [5.74, 6) is -0.282. The minimum absolute atomic E-state index is 0.141. The van der Waals surface area contributed by atoms with E-state index in [1.807, 2.05) is 0 Å². The second-order valence-electron chi connectivity index (χ2n) is 6.23. The average molecular weight is 288 g/mol. The van der Waals surface area contributed by atoms with Crippen LogP contribution in [0.15, 0.2) is 0 Å². The molecule has 1 fully saturated rings. The van der Waals surface area contributed by atoms with Gasteiger partial charge in [0.25, 0.3) is 0 Å². The lowest BCUT2D eigenvalue weighted by molar-refractivity contribution is -1.01. The van der Waals surface area contributed by atoms with Crippen LogP contribution in [-0.4, -0.2) is 88.5 Å². The molecule has 6 nitrogen and oxygen atoms in total. The van der Waals surface area contributed by atoms with Crippen LogP contribution in [0.5, 0.6) is 0 Å². The van der Waals surface area contributed by atoms with Crippen molar-refractivity contribution in [3.63, 3.8) is 0 Å².